The number of likely N-dealkylation sites (N-methyl/N-ethyl adjacent to an activating group) is 1. The van der Waals surface area contributed by atoms with Gasteiger partial charge in [-0.1, -0.05) is 48.5 Å². The predicted molar refractivity (Wildman–Crippen MR) is 127 cm³/mol. The number of amides is 1. The van der Waals surface area contributed by atoms with Gasteiger partial charge in [0.1, 0.15) is 5.75 Å². The SMILES string of the molecule is CN1C(=O)[C@@]2(Cc3ccccc31)N=C(c1ccc(OCCCO)cc1)O[C@H]2c1ccccc1. The van der Waals surface area contributed by atoms with E-state index in [-0.39, 0.29) is 12.5 Å². The van der Waals surface area contributed by atoms with E-state index in [2.05, 4.69) is 0 Å². The highest BCUT2D eigenvalue weighted by Crippen LogP contribution is 2.47. The summed E-state index contributed by atoms with van der Waals surface area (Å²) >= 11 is 0. The molecular formula is C27H26N2O4. The van der Waals surface area contributed by atoms with E-state index in [0.29, 0.717) is 31.1 Å². The summed E-state index contributed by atoms with van der Waals surface area (Å²) in [6, 6.07) is 25.3. The lowest BCUT2D eigenvalue weighted by Gasteiger charge is -2.39. The van der Waals surface area contributed by atoms with Crippen LogP contribution < -0.4 is 9.64 Å². The van der Waals surface area contributed by atoms with E-state index in [1.54, 1.807) is 11.9 Å². The number of benzene rings is 3. The maximum atomic E-state index is 13.8. The van der Waals surface area contributed by atoms with E-state index < -0.39 is 11.6 Å². The number of carbonyl (C=O) groups is 1. The zero-order chi connectivity index (χ0) is 22.8. The molecule has 0 saturated carbocycles. The third-order valence-corrected chi connectivity index (χ3v) is 6.23. The summed E-state index contributed by atoms with van der Waals surface area (Å²) < 4.78 is 12.1. The molecule has 1 N–H and O–H groups in total. The molecule has 0 bridgehead atoms. The van der Waals surface area contributed by atoms with Gasteiger partial charge in [0.2, 0.25) is 5.90 Å². The first-order chi connectivity index (χ1) is 16.1. The summed E-state index contributed by atoms with van der Waals surface area (Å²) in [7, 11) is 1.80. The van der Waals surface area contributed by atoms with Crippen LogP contribution in [0.15, 0.2) is 83.9 Å². The number of para-hydroxylation sites is 1. The number of rotatable bonds is 6. The van der Waals surface area contributed by atoms with Crippen molar-refractivity contribution < 1.29 is 19.4 Å². The van der Waals surface area contributed by atoms with Crippen molar-refractivity contribution in [2.75, 3.05) is 25.2 Å². The quantitative estimate of drug-likeness (QED) is 0.588. The summed E-state index contributed by atoms with van der Waals surface area (Å²) in [5.74, 6) is 1.09. The lowest BCUT2D eigenvalue weighted by atomic mass is 9.78. The molecule has 0 saturated heterocycles. The molecule has 5 rings (SSSR count). The summed E-state index contributed by atoms with van der Waals surface area (Å²) in [5, 5.41) is 8.93. The van der Waals surface area contributed by atoms with Crippen molar-refractivity contribution >= 4 is 17.5 Å². The lowest BCUT2D eigenvalue weighted by molar-refractivity contribution is -0.126. The smallest absolute Gasteiger partial charge is 0.259 e. The lowest BCUT2D eigenvalue weighted by Crippen LogP contribution is -2.53. The van der Waals surface area contributed by atoms with E-state index in [4.69, 9.17) is 19.6 Å². The number of hydrogen-bond donors (Lipinski definition) is 1. The van der Waals surface area contributed by atoms with Crippen LogP contribution in [0.3, 0.4) is 0 Å². The van der Waals surface area contributed by atoms with Crippen molar-refractivity contribution in [3.8, 4) is 5.75 Å². The fourth-order valence-corrected chi connectivity index (χ4v) is 4.57. The number of hydrogen-bond acceptors (Lipinski definition) is 5. The average Bonchev–Trinajstić information content (AvgIpc) is 3.24. The van der Waals surface area contributed by atoms with Gasteiger partial charge in [-0.05, 0) is 41.5 Å². The highest BCUT2D eigenvalue weighted by atomic mass is 16.5. The molecule has 0 fully saturated rings. The Kier molecular flexibility index (Phi) is 5.60. The molecule has 33 heavy (non-hydrogen) atoms. The number of aliphatic imine (C=N–C) groups is 1. The van der Waals surface area contributed by atoms with Gasteiger partial charge in [0.15, 0.2) is 11.6 Å². The molecule has 1 spiro atoms. The maximum absolute atomic E-state index is 13.8. The van der Waals surface area contributed by atoms with Crippen molar-refractivity contribution in [3.05, 3.63) is 95.6 Å². The molecule has 6 nitrogen and oxygen atoms in total. The Bertz CT molecular complexity index is 1180. The Morgan fingerprint density at radius 3 is 2.55 bits per heavy atom. The van der Waals surface area contributed by atoms with E-state index in [9.17, 15) is 4.79 Å². The van der Waals surface area contributed by atoms with Crippen LogP contribution in [0.2, 0.25) is 0 Å². The van der Waals surface area contributed by atoms with Crippen LogP contribution in [0.5, 0.6) is 5.75 Å². The third kappa shape index (κ3) is 3.76. The first-order valence-electron chi connectivity index (χ1n) is 11.1. The highest BCUT2D eigenvalue weighted by Gasteiger charge is 2.56. The van der Waals surface area contributed by atoms with Gasteiger partial charge in [0.05, 0.1) is 6.61 Å². The fraction of sp³-hybridized carbons (Fsp3) is 0.259. The first kappa shape index (κ1) is 21.2. The Hall–Kier alpha value is -3.64. The summed E-state index contributed by atoms with van der Waals surface area (Å²) in [6.07, 6.45) is 0.519. The number of aliphatic hydroxyl groups excluding tert-OH is 1. The molecule has 2 atom stereocenters. The zero-order valence-electron chi connectivity index (χ0n) is 18.5. The molecule has 3 aromatic carbocycles. The van der Waals surface area contributed by atoms with Crippen molar-refractivity contribution in [2.45, 2.75) is 24.5 Å². The van der Waals surface area contributed by atoms with Crippen LogP contribution in [0.25, 0.3) is 0 Å². The van der Waals surface area contributed by atoms with Gasteiger partial charge in [-0.2, -0.15) is 0 Å². The van der Waals surface area contributed by atoms with Gasteiger partial charge < -0.3 is 19.5 Å². The first-order valence-corrected chi connectivity index (χ1v) is 11.1. The van der Waals surface area contributed by atoms with Crippen LogP contribution in [-0.2, 0) is 16.0 Å². The second kappa shape index (κ2) is 8.71. The van der Waals surface area contributed by atoms with Gasteiger partial charge in [0, 0.05) is 37.7 Å². The topological polar surface area (TPSA) is 71.4 Å². The van der Waals surface area contributed by atoms with Crippen molar-refractivity contribution in [1.29, 1.82) is 0 Å². The van der Waals surface area contributed by atoms with E-state index in [1.807, 2.05) is 78.9 Å². The standard InChI is InChI=1S/C27H26N2O4/c1-29-23-11-6-5-10-21(23)18-27(26(29)31)24(19-8-3-2-4-9-19)33-25(28-27)20-12-14-22(15-13-20)32-17-7-16-30/h2-6,8-15,24,30H,7,16-18H2,1H3/t24-,27-/m0/s1. The number of carbonyl (C=O) groups excluding carboxylic acids is 1. The Morgan fingerprint density at radius 2 is 1.79 bits per heavy atom. The van der Waals surface area contributed by atoms with Crippen LogP contribution in [0.4, 0.5) is 5.69 Å². The molecule has 3 aromatic rings. The second-order valence-electron chi connectivity index (χ2n) is 8.37. The molecule has 6 heteroatoms. The van der Waals surface area contributed by atoms with Crippen LogP contribution in [0.1, 0.15) is 29.2 Å². The van der Waals surface area contributed by atoms with Gasteiger partial charge in [-0.3, -0.25) is 4.79 Å². The van der Waals surface area contributed by atoms with Crippen molar-refractivity contribution in [1.82, 2.24) is 0 Å². The summed E-state index contributed by atoms with van der Waals surface area (Å²) in [4.78, 5) is 20.4. The second-order valence-corrected chi connectivity index (χ2v) is 8.37. The number of aliphatic hydroxyl groups is 1. The average molecular weight is 443 g/mol. The molecule has 168 valence electrons. The number of ether oxygens (including phenoxy) is 2. The largest absolute Gasteiger partial charge is 0.494 e. The normalized spacial score (nSPS) is 21.5. The number of nitrogens with zero attached hydrogens (tertiary/aromatic N) is 2. The molecule has 2 aliphatic heterocycles. The van der Waals surface area contributed by atoms with E-state index in [0.717, 1.165) is 22.4 Å². The van der Waals surface area contributed by atoms with Crippen LogP contribution in [-0.4, -0.2) is 42.7 Å². The molecule has 2 aliphatic rings. The summed E-state index contributed by atoms with van der Waals surface area (Å²) in [5.41, 5.74) is 2.61. The predicted octanol–water partition coefficient (Wildman–Crippen LogP) is 3.92. The number of fused-ring (bicyclic) bond motifs is 1. The van der Waals surface area contributed by atoms with Crippen molar-refractivity contribution in [3.63, 3.8) is 0 Å². The van der Waals surface area contributed by atoms with E-state index in [1.165, 1.54) is 0 Å². The molecule has 0 unspecified atom stereocenters. The zero-order valence-corrected chi connectivity index (χ0v) is 18.5. The monoisotopic (exact) mass is 442 g/mol. The Balaban J connectivity index is 1.54. The minimum absolute atomic E-state index is 0.0750. The molecule has 2 heterocycles. The molecular weight excluding hydrogens is 416 g/mol. The summed E-state index contributed by atoms with van der Waals surface area (Å²) in [6.45, 7) is 0.546. The Labute approximate surface area is 193 Å². The van der Waals surface area contributed by atoms with Gasteiger partial charge >= 0.3 is 0 Å². The maximum Gasteiger partial charge on any atom is 0.259 e. The van der Waals surface area contributed by atoms with Crippen LogP contribution >= 0.6 is 0 Å². The molecule has 1 amide bonds. The van der Waals surface area contributed by atoms with Gasteiger partial charge in [-0.15, -0.1) is 0 Å². The Morgan fingerprint density at radius 1 is 1.06 bits per heavy atom. The molecule has 0 radical (unpaired) electrons. The van der Waals surface area contributed by atoms with Crippen molar-refractivity contribution in [2.24, 2.45) is 4.99 Å². The third-order valence-electron chi connectivity index (χ3n) is 6.23. The highest BCUT2D eigenvalue weighted by molar-refractivity contribution is 6.08. The van der Waals surface area contributed by atoms with E-state index >= 15 is 0 Å². The van der Waals surface area contributed by atoms with Gasteiger partial charge in [0.25, 0.3) is 5.91 Å². The molecule has 0 aromatic heterocycles. The van der Waals surface area contributed by atoms with Gasteiger partial charge in [-0.25, -0.2) is 4.99 Å². The fourth-order valence-electron chi connectivity index (χ4n) is 4.57. The van der Waals surface area contributed by atoms with Crippen LogP contribution in [0, 0.1) is 0 Å². The minimum atomic E-state index is -1.07. The molecule has 0 aliphatic carbocycles. The minimum Gasteiger partial charge on any atom is -0.494 e. The number of anilines is 1.